The Balaban J connectivity index is 1.89. The fourth-order valence-electron chi connectivity index (χ4n) is 3.01. The molecule has 2 aromatic rings. The molecule has 1 aromatic heterocycles. The second kappa shape index (κ2) is 6.77. The maximum Gasteiger partial charge on any atom is 0.300 e. The highest BCUT2D eigenvalue weighted by Crippen LogP contribution is 2.25. The van der Waals surface area contributed by atoms with Crippen LogP contribution in [0.25, 0.3) is 10.9 Å². The third kappa shape index (κ3) is 3.77. The molecule has 7 nitrogen and oxygen atoms in total. The van der Waals surface area contributed by atoms with E-state index in [0.717, 1.165) is 32.4 Å². The molecule has 2 heterocycles. The molecule has 0 spiro atoms. The van der Waals surface area contributed by atoms with Crippen molar-refractivity contribution in [3.05, 3.63) is 30.6 Å². The molecule has 0 amide bonds. The van der Waals surface area contributed by atoms with Crippen LogP contribution in [0, 0.1) is 5.92 Å². The van der Waals surface area contributed by atoms with Crippen molar-refractivity contribution >= 4 is 26.9 Å². The fourth-order valence-corrected chi connectivity index (χ4v) is 3.76. The molecule has 1 aliphatic heterocycles. The number of anilines is 1. The van der Waals surface area contributed by atoms with Gasteiger partial charge in [0.25, 0.3) is 10.2 Å². The van der Waals surface area contributed by atoms with E-state index in [-0.39, 0.29) is 0 Å². The second-order valence-corrected chi connectivity index (χ2v) is 7.28. The zero-order valence-corrected chi connectivity index (χ0v) is 13.7. The molecule has 124 valence electrons. The van der Waals surface area contributed by atoms with Gasteiger partial charge in [0.1, 0.15) is 6.33 Å². The normalized spacial score (nSPS) is 16.6. The first-order chi connectivity index (χ1) is 11.1. The lowest BCUT2D eigenvalue weighted by Gasteiger charge is -2.27. The van der Waals surface area contributed by atoms with Crippen LogP contribution in [0.5, 0.6) is 0 Å². The van der Waals surface area contributed by atoms with Crippen LogP contribution in [0.2, 0.25) is 0 Å². The highest BCUT2D eigenvalue weighted by Gasteiger charge is 2.23. The highest BCUT2D eigenvalue weighted by molar-refractivity contribution is 7.90. The van der Waals surface area contributed by atoms with Crippen LogP contribution in [0.3, 0.4) is 0 Å². The fraction of sp³-hybridized carbons (Fsp3) is 0.467. The van der Waals surface area contributed by atoms with Crippen molar-refractivity contribution < 1.29 is 8.42 Å². The molecule has 3 rings (SSSR count). The topological polar surface area (TPSA) is 101 Å². The van der Waals surface area contributed by atoms with Gasteiger partial charge in [-0.1, -0.05) is 12.1 Å². The number of fused-ring (bicyclic) bond motifs is 1. The van der Waals surface area contributed by atoms with Crippen LogP contribution in [-0.2, 0) is 10.2 Å². The van der Waals surface area contributed by atoms with Gasteiger partial charge in [-0.3, -0.25) is 0 Å². The Kier molecular flexibility index (Phi) is 4.74. The lowest BCUT2D eigenvalue weighted by atomic mass is 9.95. The van der Waals surface area contributed by atoms with E-state index in [1.807, 2.05) is 24.3 Å². The summed E-state index contributed by atoms with van der Waals surface area (Å²) < 4.78 is 25.4. The molecule has 0 bridgehead atoms. The molecule has 1 saturated heterocycles. The molecule has 0 unspecified atom stereocenters. The van der Waals surface area contributed by atoms with Crippen LogP contribution in [0.15, 0.2) is 30.6 Å². The summed E-state index contributed by atoms with van der Waals surface area (Å²) >= 11 is 0. The molecule has 0 atom stereocenters. The van der Waals surface area contributed by atoms with Crippen molar-refractivity contribution in [2.24, 2.45) is 11.1 Å². The third-order valence-electron chi connectivity index (χ3n) is 4.26. The maximum absolute atomic E-state index is 12.1. The number of nitrogens with one attached hydrogen (secondary N) is 1. The number of para-hydroxylation sites is 1. The number of nitrogens with two attached hydrogens (primary N) is 1. The number of hydrogen-bond acceptors (Lipinski definition) is 5. The quantitative estimate of drug-likeness (QED) is 0.850. The zero-order valence-electron chi connectivity index (χ0n) is 12.9. The van der Waals surface area contributed by atoms with Gasteiger partial charge >= 0.3 is 0 Å². The largest absolute Gasteiger partial charge is 0.317 e. The first kappa shape index (κ1) is 16.1. The average Bonchev–Trinajstić information content (AvgIpc) is 2.55. The van der Waals surface area contributed by atoms with Gasteiger partial charge in [-0.25, -0.2) is 19.4 Å². The summed E-state index contributed by atoms with van der Waals surface area (Å²) in [4.78, 5) is 8.36. The van der Waals surface area contributed by atoms with Gasteiger partial charge in [-0.2, -0.15) is 8.42 Å². The van der Waals surface area contributed by atoms with Crippen LogP contribution < -0.4 is 14.8 Å². The van der Waals surface area contributed by atoms with Crippen molar-refractivity contribution in [3.63, 3.8) is 0 Å². The molecule has 0 aliphatic carbocycles. The Bertz CT molecular complexity index is 769. The molecule has 1 aromatic carbocycles. The lowest BCUT2D eigenvalue weighted by molar-refractivity contribution is 0.358. The van der Waals surface area contributed by atoms with Crippen LogP contribution in [-0.4, -0.2) is 38.0 Å². The minimum absolute atomic E-state index is 0.338. The number of piperidine rings is 1. The molecular weight excluding hydrogens is 314 g/mol. The smallest absolute Gasteiger partial charge is 0.300 e. The van der Waals surface area contributed by atoms with E-state index in [1.165, 1.54) is 10.6 Å². The summed E-state index contributed by atoms with van der Waals surface area (Å²) in [5.74, 6) is 0.862. The first-order valence-electron chi connectivity index (χ1n) is 7.76. The summed E-state index contributed by atoms with van der Waals surface area (Å²) in [6.07, 6.45) is 4.27. The van der Waals surface area contributed by atoms with Gasteiger partial charge in [0.2, 0.25) is 0 Å². The van der Waals surface area contributed by atoms with Gasteiger partial charge in [0, 0.05) is 11.9 Å². The van der Waals surface area contributed by atoms with Crippen molar-refractivity contribution in [1.82, 2.24) is 15.3 Å². The SMILES string of the molecule is NS(=O)(=O)N(CCC1CCNCC1)c1ncnc2ccccc12. The lowest BCUT2D eigenvalue weighted by Crippen LogP contribution is -2.39. The van der Waals surface area contributed by atoms with Crippen molar-refractivity contribution in [2.45, 2.75) is 19.3 Å². The first-order valence-corrected chi connectivity index (χ1v) is 9.27. The van der Waals surface area contributed by atoms with Gasteiger partial charge in [0.15, 0.2) is 5.82 Å². The van der Waals surface area contributed by atoms with Gasteiger partial charge in [-0.15, -0.1) is 0 Å². The Morgan fingerprint density at radius 2 is 1.96 bits per heavy atom. The van der Waals surface area contributed by atoms with Crippen molar-refractivity contribution in [2.75, 3.05) is 23.9 Å². The van der Waals surface area contributed by atoms with E-state index in [1.54, 1.807) is 0 Å². The van der Waals surface area contributed by atoms with Gasteiger partial charge in [-0.05, 0) is 50.4 Å². The number of nitrogens with zero attached hydrogens (tertiary/aromatic N) is 3. The number of aromatic nitrogens is 2. The maximum atomic E-state index is 12.1. The minimum atomic E-state index is -3.88. The summed E-state index contributed by atoms with van der Waals surface area (Å²) in [6, 6.07) is 7.33. The Morgan fingerprint density at radius 1 is 1.22 bits per heavy atom. The van der Waals surface area contributed by atoms with Crippen molar-refractivity contribution in [3.8, 4) is 0 Å². The molecule has 23 heavy (non-hydrogen) atoms. The van der Waals surface area contributed by atoms with E-state index in [0.29, 0.717) is 29.2 Å². The number of benzene rings is 1. The van der Waals surface area contributed by atoms with Crippen LogP contribution in [0.4, 0.5) is 5.82 Å². The molecule has 8 heteroatoms. The number of hydrogen-bond donors (Lipinski definition) is 2. The van der Waals surface area contributed by atoms with Crippen molar-refractivity contribution in [1.29, 1.82) is 0 Å². The monoisotopic (exact) mass is 335 g/mol. The minimum Gasteiger partial charge on any atom is -0.317 e. The van der Waals surface area contributed by atoms with E-state index >= 15 is 0 Å². The molecule has 3 N–H and O–H groups in total. The highest BCUT2D eigenvalue weighted by atomic mass is 32.2. The predicted octanol–water partition coefficient (Wildman–Crippen LogP) is 1.03. The molecule has 0 radical (unpaired) electrons. The summed E-state index contributed by atoms with van der Waals surface area (Å²) in [6.45, 7) is 2.30. The Labute approximate surface area is 136 Å². The molecule has 1 fully saturated rings. The summed E-state index contributed by atoms with van der Waals surface area (Å²) in [5.41, 5.74) is 0.702. The van der Waals surface area contributed by atoms with Crippen LogP contribution >= 0.6 is 0 Å². The van der Waals surface area contributed by atoms with Gasteiger partial charge < -0.3 is 5.32 Å². The van der Waals surface area contributed by atoms with E-state index < -0.39 is 10.2 Å². The Morgan fingerprint density at radius 3 is 2.70 bits per heavy atom. The third-order valence-corrected chi connectivity index (χ3v) is 5.23. The van der Waals surface area contributed by atoms with E-state index in [4.69, 9.17) is 5.14 Å². The van der Waals surface area contributed by atoms with E-state index in [9.17, 15) is 8.42 Å². The average molecular weight is 335 g/mol. The number of rotatable bonds is 5. The predicted molar refractivity (Wildman–Crippen MR) is 90.2 cm³/mol. The van der Waals surface area contributed by atoms with Crippen LogP contribution in [0.1, 0.15) is 19.3 Å². The molecule has 1 aliphatic rings. The second-order valence-electron chi connectivity index (χ2n) is 5.81. The van der Waals surface area contributed by atoms with E-state index in [2.05, 4.69) is 15.3 Å². The zero-order chi connectivity index (χ0) is 16.3. The standard InChI is InChI=1S/C15H21N5O2S/c16-23(21,22)20(10-7-12-5-8-17-9-6-12)15-13-3-1-2-4-14(13)18-11-19-15/h1-4,11-12,17H,5-10H2,(H2,16,21,22). The summed E-state index contributed by atoms with van der Waals surface area (Å²) in [7, 11) is -3.88. The Hall–Kier alpha value is -1.77. The molecule has 0 saturated carbocycles. The summed E-state index contributed by atoms with van der Waals surface area (Å²) in [5, 5.41) is 9.44. The molecular formula is C15H21N5O2S. The van der Waals surface area contributed by atoms with Gasteiger partial charge in [0.05, 0.1) is 5.52 Å².